The molecule has 23 heavy (non-hydrogen) atoms. The topological polar surface area (TPSA) is 73.0 Å². The number of carbonyl (C=O) groups is 3. The molecule has 7 nitrogen and oxygen atoms in total. The lowest BCUT2D eigenvalue weighted by atomic mass is 10.2. The molecule has 4 amide bonds. The van der Waals surface area contributed by atoms with E-state index >= 15 is 0 Å². The first-order chi connectivity index (χ1) is 11.0. The van der Waals surface area contributed by atoms with E-state index in [1.807, 2.05) is 24.3 Å². The Morgan fingerprint density at radius 3 is 2.35 bits per heavy atom. The van der Waals surface area contributed by atoms with Gasteiger partial charge in [-0.15, -0.1) is 0 Å². The number of benzene rings is 1. The maximum Gasteiger partial charge on any atom is 0.327 e. The van der Waals surface area contributed by atoms with E-state index in [0.717, 1.165) is 23.7 Å². The Morgan fingerprint density at radius 2 is 1.78 bits per heavy atom. The highest BCUT2D eigenvalue weighted by Crippen LogP contribution is 2.22. The number of carbonyl (C=O) groups excluding carboxylic acids is 3. The fourth-order valence-corrected chi connectivity index (χ4v) is 2.90. The maximum atomic E-state index is 12.0. The average Bonchev–Trinajstić information content (AvgIpc) is 3.13. The van der Waals surface area contributed by atoms with Crippen LogP contribution in [0.1, 0.15) is 12.8 Å². The molecule has 2 aliphatic heterocycles. The molecule has 1 N–H and O–H groups in total. The van der Waals surface area contributed by atoms with E-state index in [0.29, 0.717) is 5.69 Å². The van der Waals surface area contributed by atoms with Gasteiger partial charge in [0.1, 0.15) is 13.1 Å². The van der Waals surface area contributed by atoms with Crippen LogP contribution in [0, 0.1) is 0 Å². The third-order valence-corrected chi connectivity index (χ3v) is 4.15. The van der Waals surface area contributed by atoms with Gasteiger partial charge in [0.05, 0.1) is 0 Å². The summed E-state index contributed by atoms with van der Waals surface area (Å²) in [6.07, 6.45) is 2.43. The average molecular weight is 316 g/mol. The van der Waals surface area contributed by atoms with Crippen LogP contribution in [0.25, 0.3) is 0 Å². The van der Waals surface area contributed by atoms with Gasteiger partial charge in [-0.2, -0.15) is 0 Å². The predicted molar refractivity (Wildman–Crippen MR) is 86.3 cm³/mol. The molecule has 0 spiro atoms. The number of amides is 4. The third-order valence-electron chi connectivity index (χ3n) is 4.15. The monoisotopic (exact) mass is 316 g/mol. The number of likely N-dealkylation sites (N-methyl/N-ethyl adjacent to an activating group) is 1. The molecule has 0 aromatic heterocycles. The van der Waals surface area contributed by atoms with Gasteiger partial charge in [0.25, 0.3) is 5.91 Å². The number of urea groups is 1. The van der Waals surface area contributed by atoms with E-state index in [1.54, 1.807) is 0 Å². The lowest BCUT2D eigenvalue weighted by Gasteiger charge is -2.18. The zero-order valence-electron chi connectivity index (χ0n) is 13.1. The molecule has 2 fully saturated rings. The minimum Gasteiger partial charge on any atom is -0.372 e. The van der Waals surface area contributed by atoms with Gasteiger partial charge in [0, 0.05) is 31.5 Å². The quantitative estimate of drug-likeness (QED) is 0.845. The predicted octanol–water partition coefficient (Wildman–Crippen LogP) is 1.12. The Kier molecular flexibility index (Phi) is 4.18. The number of nitrogens with zero attached hydrogens (tertiary/aromatic N) is 3. The van der Waals surface area contributed by atoms with Crippen LogP contribution in [0.5, 0.6) is 0 Å². The number of nitrogens with one attached hydrogen (secondary N) is 1. The summed E-state index contributed by atoms with van der Waals surface area (Å²) in [4.78, 5) is 40.0. The van der Waals surface area contributed by atoms with Crippen LogP contribution >= 0.6 is 0 Å². The van der Waals surface area contributed by atoms with Crippen molar-refractivity contribution < 1.29 is 14.4 Å². The van der Waals surface area contributed by atoms with Crippen molar-refractivity contribution in [2.75, 3.05) is 43.4 Å². The van der Waals surface area contributed by atoms with Crippen molar-refractivity contribution in [1.29, 1.82) is 0 Å². The minimum atomic E-state index is -0.436. The molecule has 0 aliphatic carbocycles. The highest BCUT2D eigenvalue weighted by Gasteiger charge is 2.34. The zero-order valence-corrected chi connectivity index (χ0v) is 13.1. The van der Waals surface area contributed by atoms with Gasteiger partial charge < -0.3 is 15.1 Å². The Balaban J connectivity index is 1.57. The van der Waals surface area contributed by atoms with E-state index in [9.17, 15) is 14.4 Å². The maximum absolute atomic E-state index is 12.0. The largest absolute Gasteiger partial charge is 0.372 e. The molecule has 0 radical (unpaired) electrons. The number of anilines is 2. The molecule has 0 unspecified atom stereocenters. The molecule has 7 heteroatoms. The van der Waals surface area contributed by atoms with E-state index in [-0.39, 0.29) is 24.9 Å². The molecular formula is C16H20N4O3. The number of rotatable bonds is 4. The van der Waals surface area contributed by atoms with Gasteiger partial charge in [-0.25, -0.2) is 4.79 Å². The van der Waals surface area contributed by atoms with E-state index < -0.39 is 6.03 Å². The lowest BCUT2D eigenvalue weighted by Crippen LogP contribution is -2.38. The summed E-state index contributed by atoms with van der Waals surface area (Å²) >= 11 is 0. The fraction of sp³-hybridized carbons (Fsp3) is 0.438. The summed E-state index contributed by atoms with van der Waals surface area (Å²) in [6.45, 7) is 1.91. The second-order valence-corrected chi connectivity index (χ2v) is 5.91. The van der Waals surface area contributed by atoms with Crippen molar-refractivity contribution in [1.82, 2.24) is 9.80 Å². The molecular weight excluding hydrogens is 296 g/mol. The molecule has 1 aromatic carbocycles. The van der Waals surface area contributed by atoms with Crippen LogP contribution in [0.3, 0.4) is 0 Å². The van der Waals surface area contributed by atoms with Crippen molar-refractivity contribution in [2.45, 2.75) is 12.8 Å². The first-order valence-corrected chi connectivity index (χ1v) is 7.75. The molecule has 2 saturated heterocycles. The number of hydrogen-bond acceptors (Lipinski definition) is 4. The first kappa shape index (κ1) is 15.3. The Hall–Kier alpha value is -2.57. The molecule has 0 atom stereocenters. The van der Waals surface area contributed by atoms with Crippen molar-refractivity contribution in [2.24, 2.45) is 0 Å². The van der Waals surface area contributed by atoms with Crippen molar-refractivity contribution in [3.8, 4) is 0 Å². The van der Waals surface area contributed by atoms with Gasteiger partial charge in [-0.3, -0.25) is 14.5 Å². The highest BCUT2D eigenvalue weighted by atomic mass is 16.2. The third kappa shape index (κ3) is 3.28. The normalized spacial score (nSPS) is 18.0. The SMILES string of the molecule is CN1CC(=O)N(CC(=O)Nc2ccc(N3CCCC3)cc2)C1=O. The Labute approximate surface area is 134 Å². The summed E-state index contributed by atoms with van der Waals surface area (Å²) < 4.78 is 0. The van der Waals surface area contributed by atoms with Crippen LogP contribution < -0.4 is 10.2 Å². The van der Waals surface area contributed by atoms with Gasteiger partial charge in [-0.1, -0.05) is 0 Å². The lowest BCUT2D eigenvalue weighted by molar-refractivity contribution is -0.129. The van der Waals surface area contributed by atoms with Crippen LogP contribution in [-0.2, 0) is 9.59 Å². The molecule has 0 saturated carbocycles. The number of hydrogen-bond donors (Lipinski definition) is 1. The summed E-state index contributed by atoms with van der Waals surface area (Å²) in [5.41, 5.74) is 1.80. The summed E-state index contributed by atoms with van der Waals surface area (Å²) in [6, 6.07) is 7.19. The van der Waals surface area contributed by atoms with E-state index in [1.165, 1.54) is 24.8 Å². The molecule has 122 valence electrons. The molecule has 3 rings (SSSR count). The zero-order chi connectivity index (χ0) is 16.4. The van der Waals surface area contributed by atoms with Crippen molar-refractivity contribution in [3.63, 3.8) is 0 Å². The molecule has 0 bridgehead atoms. The smallest absolute Gasteiger partial charge is 0.327 e. The molecule has 2 aliphatic rings. The van der Waals surface area contributed by atoms with Crippen LogP contribution in [0.15, 0.2) is 24.3 Å². The molecule has 2 heterocycles. The summed E-state index contributed by atoms with van der Waals surface area (Å²) in [5.74, 6) is -0.729. The highest BCUT2D eigenvalue weighted by molar-refractivity contribution is 6.06. The summed E-state index contributed by atoms with van der Waals surface area (Å²) in [5, 5.41) is 2.72. The second-order valence-electron chi connectivity index (χ2n) is 5.91. The van der Waals surface area contributed by atoms with Gasteiger partial charge in [-0.05, 0) is 37.1 Å². The van der Waals surface area contributed by atoms with E-state index in [2.05, 4.69) is 10.2 Å². The fourth-order valence-electron chi connectivity index (χ4n) is 2.90. The van der Waals surface area contributed by atoms with Crippen LogP contribution in [-0.4, -0.2) is 60.9 Å². The Bertz CT molecular complexity index is 623. The molecule has 1 aromatic rings. The van der Waals surface area contributed by atoms with Gasteiger partial charge in [0.2, 0.25) is 5.91 Å². The van der Waals surface area contributed by atoms with E-state index in [4.69, 9.17) is 0 Å². The standard InChI is InChI=1S/C16H20N4O3/c1-18-11-15(22)20(16(18)23)10-14(21)17-12-4-6-13(7-5-12)19-8-2-3-9-19/h4-7H,2-3,8-11H2,1H3,(H,17,21). The number of imide groups is 1. The van der Waals surface area contributed by atoms with Gasteiger partial charge >= 0.3 is 6.03 Å². The van der Waals surface area contributed by atoms with Crippen LogP contribution in [0.4, 0.5) is 16.2 Å². The van der Waals surface area contributed by atoms with Crippen molar-refractivity contribution in [3.05, 3.63) is 24.3 Å². The van der Waals surface area contributed by atoms with Crippen LogP contribution in [0.2, 0.25) is 0 Å². The first-order valence-electron chi connectivity index (χ1n) is 7.75. The second kappa shape index (κ2) is 6.28. The van der Waals surface area contributed by atoms with Crippen molar-refractivity contribution >= 4 is 29.2 Å². The minimum absolute atomic E-state index is 0.0244. The van der Waals surface area contributed by atoms with Gasteiger partial charge in [0.15, 0.2) is 0 Å². The Morgan fingerprint density at radius 1 is 1.13 bits per heavy atom. The summed E-state index contributed by atoms with van der Waals surface area (Å²) in [7, 11) is 1.54.